The van der Waals surface area contributed by atoms with E-state index in [-0.39, 0.29) is 5.91 Å². The summed E-state index contributed by atoms with van der Waals surface area (Å²) in [4.78, 5) is 21.5. The molecule has 1 atom stereocenters. The van der Waals surface area contributed by atoms with Crippen LogP contribution in [0.5, 0.6) is 5.88 Å². The molecule has 0 unspecified atom stereocenters. The SMILES string of the molecule is CC1(CN2CCC(COc3ccc(-c4ccc(C(=O)N5CC[C@H](O)C5)cc4)cn3)CC2)CCCCC1. The Balaban J connectivity index is 1.07. The largest absolute Gasteiger partial charge is 0.477 e. The highest BCUT2D eigenvalue weighted by Crippen LogP contribution is 2.37. The molecule has 194 valence electrons. The van der Waals surface area contributed by atoms with E-state index >= 15 is 0 Å². The Hall–Kier alpha value is -2.44. The summed E-state index contributed by atoms with van der Waals surface area (Å²) in [5.41, 5.74) is 3.20. The highest BCUT2D eigenvalue weighted by Gasteiger charge is 2.31. The van der Waals surface area contributed by atoms with Crippen LogP contribution in [0.2, 0.25) is 0 Å². The summed E-state index contributed by atoms with van der Waals surface area (Å²) in [7, 11) is 0. The van der Waals surface area contributed by atoms with Crippen LogP contribution in [0, 0.1) is 11.3 Å². The maximum atomic E-state index is 12.6. The highest BCUT2D eigenvalue weighted by molar-refractivity contribution is 5.94. The summed E-state index contributed by atoms with van der Waals surface area (Å²) < 4.78 is 6.06. The van der Waals surface area contributed by atoms with Crippen molar-refractivity contribution in [3.05, 3.63) is 48.2 Å². The van der Waals surface area contributed by atoms with Crippen molar-refractivity contribution in [2.24, 2.45) is 11.3 Å². The van der Waals surface area contributed by atoms with Gasteiger partial charge in [-0.3, -0.25) is 4.79 Å². The van der Waals surface area contributed by atoms with E-state index in [1.807, 2.05) is 42.6 Å². The molecule has 3 heterocycles. The number of aliphatic hydroxyl groups excluding tert-OH is 1. The molecule has 1 aromatic carbocycles. The number of amides is 1. The van der Waals surface area contributed by atoms with E-state index in [0.717, 1.165) is 17.7 Å². The standard InChI is InChI=1S/C30H41N3O3/c1-30(14-3-2-4-15-30)22-32-16-11-23(12-17-32)21-36-28-10-9-26(19-31-28)24-5-7-25(8-6-24)29(35)33-18-13-27(34)20-33/h5-10,19,23,27,34H,2-4,11-18,20-22H2,1H3/t27-/m0/s1. The number of piperidine rings is 1. The number of nitrogens with zero attached hydrogens (tertiary/aromatic N) is 3. The highest BCUT2D eigenvalue weighted by atomic mass is 16.5. The molecular formula is C30H41N3O3. The molecular weight excluding hydrogens is 450 g/mol. The lowest BCUT2D eigenvalue weighted by atomic mass is 9.75. The number of β-amino-alcohol motifs (C(OH)–C–C–N with tert-alkyl or cyclic N) is 1. The van der Waals surface area contributed by atoms with E-state index in [9.17, 15) is 9.90 Å². The maximum Gasteiger partial charge on any atom is 0.253 e. The first kappa shape index (κ1) is 25.2. The van der Waals surface area contributed by atoms with E-state index in [2.05, 4.69) is 16.8 Å². The summed E-state index contributed by atoms with van der Waals surface area (Å²) in [6.45, 7) is 7.90. The van der Waals surface area contributed by atoms with Gasteiger partial charge in [-0.2, -0.15) is 0 Å². The van der Waals surface area contributed by atoms with E-state index in [0.29, 0.717) is 42.3 Å². The Bertz CT molecular complexity index is 993. The lowest BCUT2D eigenvalue weighted by Crippen LogP contribution is -2.42. The van der Waals surface area contributed by atoms with Crippen molar-refractivity contribution in [1.29, 1.82) is 0 Å². The van der Waals surface area contributed by atoms with Gasteiger partial charge in [0.2, 0.25) is 5.88 Å². The predicted octanol–water partition coefficient (Wildman–Crippen LogP) is 5.02. The fraction of sp³-hybridized carbons (Fsp3) is 0.600. The molecule has 1 aliphatic carbocycles. The van der Waals surface area contributed by atoms with Gasteiger partial charge < -0.3 is 19.6 Å². The number of aliphatic hydroxyl groups is 1. The van der Waals surface area contributed by atoms with Crippen LogP contribution in [0.15, 0.2) is 42.6 Å². The number of hydrogen-bond donors (Lipinski definition) is 1. The minimum atomic E-state index is -0.400. The first-order valence-corrected chi connectivity index (χ1v) is 13.9. The second-order valence-corrected chi connectivity index (χ2v) is 11.6. The molecule has 6 nitrogen and oxygen atoms in total. The molecule has 1 aromatic heterocycles. The van der Waals surface area contributed by atoms with Gasteiger partial charge in [0.25, 0.3) is 5.91 Å². The second kappa shape index (κ2) is 11.3. The molecule has 2 aromatic rings. The van der Waals surface area contributed by atoms with Gasteiger partial charge in [-0.05, 0) is 80.3 Å². The van der Waals surface area contributed by atoms with E-state index in [1.54, 1.807) is 4.90 Å². The van der Waals surface area contributed by atoms with Gasteiger partial charge in [0.1, 0.15) is 0 Å². The Labute approximate surface area is 215 Å². The lowest BCUT2D eigenvalue weighted by Gasteiger charge is -2.41. The third-order valence-electron chi connectivity index (χ3n) is 8.49. The number of pyridine rings is 1. The number of benzene rings is 1. The van der Waals surface area contributed by atoms with Crippen LogP contribution in [0.25, 0.3) is 11.1 Å². The van der Waals surface area contributed by atoms with Gasteiger partial charge in [0.05, 0.1) is 12.7 Å². The van der Waals surface area contributed by atoms with E-state index < -0.39 is 6.10 Å². The predicted molar refractivity (Wildman–Crippen MR) is 142 cm³/mol. The second-order valence-electron chi connectivity index (χ2n) is 11.6. The number of rotatable bonds is 7. The Morgan fingerprint density at radius 2 is 1.72 bits per heavy atom. The monoisotopic (exact) mass is 491 g/mol. The fourth-order valence-corrected chi connectivity index (χ4v) is 6.17. The summed E-state index contributed by atoms with van der Waals surface area (Å²) in [5, 5.41) is 9.68. The zero-order valence-corrected chi connectivity index (χ0v) is 21.7. The van der Waals surface area contributed by atoms with E-state index in [1.165, 1.54) is 64.6 Å². The van der Waals surface area contributed by atoms with Crippen LogP contribution in [0.3, 0.4) is 0 Å². The van der Waals surface area contributed by atoms with Crippen LogP contribution < -0.4 is 4.74 Å². The number of ether oxygens (including phenoxy) is 1. The molecule has 2 saturated heterocycles. The van der Waals surface area contributed by atoms with Crippen LogP contribution in [0.4, 0.5) is 0 Å². The summed E-state index contributed by atoms with van der Waals surface area (Å²) in [6, 6.07) is 11.6. The van der Waals surface area contributed by atoms with Crippen LogP contribution in [-0.4, -0.2) is 71.2 Å². The summed E-state index contributed by atoms with van der Waals surface area (Å²) in [5.74, 6) is 1.26. The van der Waals surface area contributed by atoms with Crippen LogP contribution >= 0.6 is 0 Å². The maximum absolute atomic E-state index is 12.6. The van der Waals surface area contributed by atoms with Crippen LogP contribution in [-0.2, 0) is 0 Å². The topological polar surface area (TPSA) is 65.9 Å². The average Bonchev–Trinajstić information content (AvgIpc) is 3.35. The first-order chi connectivity index (χ1) is 17.5. The van der Waals surface area contributed by atoms with Gasteiger partial charge in [-0.1, -0.05) is 38.3 Å². The minimum Gasteiger partial charge on any atom is -0.477 e. The van der Waals surface area contributed by atoms with Crippen molar-refractivity contribution < 1.29 is 14.6 Å². The molecule has 5 rings (SSSR count). The quantitative estimate of drug-likeness (QED) is 0.589. The lowest BCUT2D eigenvalue weighted by molar-refractivity contribution is 0.0765. The normalized spacial score (nSPS) is 23.1. The molecule has 6 heteroatoms. The number of carbonyl (C=O) groups excluding carboxylic acids is 1. The molecule has 36 heavy (non-hydrogen) atoms. The molecule has 0 bridgehead atoms. The molecule has 0 spiro atoms. The van der Waals surface area contributed by atoms with Gasteiger partial charge in [-0.25, -0.2) is 4.98 Å². The first-order valence-electron chi connectivity index (χ1n) is 13.9. The third kappa shape index (κ3) is 6.27. The fourth-order valence-electron chi connectivity index (χ4n) is 6.17. The average molecular weight is 492 g/mol. The molecule has 1 saturated carbocycles. The molecule has 1 N–H and O–H groups in total. The Kier molecular flexibility index (Phi) is 7.92. The number of likely N-dealkylation sites (tertiary alicyclic amines) is 2. The molecule has 2 aliphatic heterocycles. The van der Waals surface area contributed by atoms with Crippen molar-refractivity contribution in [3.8, 4) is 17.0 Å². The van der Waals surface area contributed by atoms with Crippen molar-refractivity contribution >= 4 is 5.91 Å². The van der Waals surface area contributed by atoms with Gasteiger partial charge in [0, 0.05) is 43.0 Å². The van der Waals surface area contributed by atoms with Gasteiger partial charge in [0.15, 0.2) is 0 Å². The van der Waals surface area contributed by atoms with Crippen molar-refractivity contribution in [3.63, 3.8) is 0 Å². The molecule has 1 amide bonds. The zero-order chi connectivity index (χ0) is 25.0. The summed E-state index contributed by atoms with van der Waals surface area (Å²) in [6.07, 6.45) is 11.5. The van der Waals surface area contributed by atoms with Gasteiger partial charge >= 0.3 is 0 Å². The van der Waals surface area contributed by atoms with Crippen LogP contribution in [0.1, 0.15) is 68.6 Å². The van der Waals surface area contributed by atoms with Crippen molar-refractivity contribution in [2.45, 2.75) is 64.4 Å². The zero-order valence-electron chi connectivity index (χ0n) is 21.7. The van der Waals surface area contributed by atoms with E-state index in [4.69, 9.17) is 4.74 Å². The molecule has 3 aliphatic rings. The molecule has 3 fully saturated rings. The minimum absolute atomic E-state index is 0.0195. The van der Waals surface area contributed by atoms with Crippen molar-refractivity contribution in [1.82, 2.24) is 14.8 Å². The van der Waals surface area contributed by atoms with Crippen molar-refractivity contribution in [2.75, 3.05) is 39.3 Å². The Morgan fingerprint density at radius 3 is 2.36 bits per heavy atom. The third-order valence-corrected chi connectivity index (χ3v) is 8.49. The number of hydrogen-bond acceptors (Lipinski definition) is 5. The number of aromatic nitrogens is 1. The Morgan fingerprint density at radius 1 is 1.00 bits per heavy atom. The number of carbonyl (C=O) groups is 1. The smallest absolute Gasteiger partial charge is 0.253 e. The molecule has 0 radical (unpaired) electrons. The van der Waals surface area contributed by atoms with Gasteiger partial charge in [-0.15, -0.1) is 0 Å². The summed E-state index contributed by atoms with van der Waals surface area (Å²) >= 11 is 0.